The van der Waals surface area contributed by atoms with Gasteiger partial charge in [-0.1, -0.05) is 55.3 Å². The van der Waals surface area contributed by atoms with Crippen molar-refractivity contribution >= 4 is 124 Å². The van der Waals surface area contributed by atoms with Gasteiger partial charge in [-0.15, -0.1) is 0 Å². The van der Waals surface area contributed by atoms with Crippen molar-refractivity contribution in [1.29, 1.82) is 0 Å². The van der Waals surface area contributed by atoms with Gasteiger partial charge in [-0.05, 0) is 72.1 Å². The fourth-order valence-electron chi connectivity index (χ4n) is 7.56. The molecule has 12 aliphatic rings. The highest BCUT2D eigenvalue weighted by atomic mass is 33.1. The second-order valence-corrected chi connectivity index (χ2v) is 20.5. The number of rotatable bonds is 4. The zero-order valence-electron chi connectivity index (χ0n) is 35.4. The Morgan fingerprint density at radius 1 is 0.485 bits per heavy atom. The van der Waals surface area contributed by atoms with Crippen molar-refractivity contribution in [3.8, 4) is 11.5 Å². The summed E-state index contributed by atoms with van der Waals surface area (Å²) < 4.78 is 11.6. The standard InChI is InChI=1S/C44H40N4O16S4/c49-33-3-1-13-63-23-7-5-22-16-24(8-6-21(22)15-23)64-14-2-4-34(50)46-30(42(57)58)18-66-68-20-32(44(61)62)48-39(53)27-11-9-25-35-26(10-12-28(36(27)35)40(48)54)38(52)47(37(25)51)31(43(59)60)19-67-65-17-29(45-33)41(55)56/h5-12,15-16,29-32H,1-4,13-14,17-20H2,(H,45,49)(H,46,50)(H,55,56)(H,57,58)(H,59,60)(H,61,62)/t29-,30-,31-,32-/m0/s1. The summed E-state index contributed by atoms with van der Waals surface area (Å²) in [6.45, 7) is 0.268. The molecular weight excluding hydrogens is 969 g/mol. The first kappa shape index (κ1) is 49.4. The minimum atomic E-state index is -1.77. The van der Waals surface area contributed by atoms with Crippen LogP contribution in [0.25, 0.3) is 21.5 Å². The minimum absolute atomic E-state index is 0.0726. The van der Waals surface area contributed by atoms with Crippen molar-refractivity contribution in [2.45, 2.75) is 49.9 Å². The predicted octanol–water partition coefficient (Wildman–Crippen LogP) is 4.02. The number of carboxylic acids is 4. The van der Waals surface area contributed by atoms with E-state index in [0.29, 0.717) is 21.3 Å². The average Bonchev–Trinajstić information content (AvgIpc) is 3.30. The molecule has 0 radical (unpaired) electrons. The Morgan fingerprint density at radius 2 is 0.824 bits per heavy atom. The lowest BCUT2D eigenvalue weighted by molar-refractivity contribution is -0.141. The Hall–Kier alpha value is -6.50. The second kappa shape index (κ2) is 21.6. The number of ether oxygens (including phenoxy) is 2. The summed E-state index contributed by atoms with van der Waals surface area (Å²) in [5, 5.41) is 46.4. The molecule has 12 aliphatic heterocycles. The van der Waals surface area contributed by atoms with Gasteiger partial charge >= 0.3 is 23.9 Å². The number of hydrogen-bond acceptors (Lipinski definition) is 16. The van der Waals surface area contributed by atoms with Crippen molar-refractivity contribution < 1.29 is 77.8 Å². The molecule has 16 rings (SSSR count). The van der Waals surface area contributed by atoms with Gasteiger partial charge in [0.1, 0.15) is 35.7 Å². The van der Waals surface area contributed by atoms with Gasteiger partial charge in [0, 0.05) is 68.9 Å². The third-order valence-corrected chi connectivity index (χ3v) is 15.7. The van der Waals surface area contributed by atoms with Gasteiger partial charge in [-0.2, -0.15) is 0 Å². The highest BCUT2D eigenvalue weighted by Crippen LogP contribution is 2.40. The first-order valence-corrected chi connectivity index (χ1v) is 25.7. The topological polar surface area (TPSA) is 301 Å². The number of imide groups is 2. The summed E-state index contributed by atoms with van der Waals surface area (Å²) in [6.07, 6.45) is 0.339. The van der Waals surface area contributed by atoms with E-state index in [4.69, 9.17) is 9.47 Å². The number of carbonyl (C=O) groups excluding carboxylic acids is 6. The van der Waals surface area contributed by atoms with Crippen LogP contribution in [0.5, 0.6) is 11.5 Å². The third-order valence-electron chi connectivity index (χ3n) is 10.9. The van der Waals surface area contributed by atoms with E-state index in [0.717, 1.165) is 53.9 Å². The smallest absolute Gasteiger partial charge is 0.327 e. The largest absolute Gasteiger partial charge is 0.494 e. The lowest BCUT2D eigenvalue weighted by Gasteiger charge is -2.35. The minimum Gasteiger partial charge on any atom is -0.494 e. The molecule has 6 amide bonds. The molecule has 0 aromatic heterocycles. The maximum atomic E-state index is 14.0. The van der Waals surface area contributed by atoms with Crippen LogP contribution in [0.2, 0.25) is 0 Å². The molecule has 4 atom stereocenters. The molecule has 0 saturated carbocycles. The normalized spacial score (nSPS) is 21.8. The van der Waals surface area contributed by atoms with Crippen LogP contribution in [0.3, 0.4) is 0 Å². The lowest BCUT2D eigenvalue weighted by Crippen LogP contribution is -2.53. The average molecular weight is 1010 g/mol. The highest BCUT2D eigenvalue weighted by molar-refractivity contribution is 8.77. The highest BCUT2D eigenvalue weighted by Gasteiger charge is 2.46. The van der Waals surface area contributed by atoms with Gasteiger partial charge in [0.15, 0.2) is 0 Å². The van der Waals surface area contributed by atoms with Crippen LogP contribution in [0.1, 0.15) is 67.1 Å². The number of benzene rings is 4. The molecule has 12 bridgehead atoms. The van der Waals surface area contributed by atoms with Gasteiger partial charge in [0.05, 0.1) is 13.2 Å². The fourth-order valence-corrected chi connectivity index (χ4v) is 12.3. The van der Waals surface area contributed by atoms with E-state index in [1.807, 2.05) is 0 Å². The molecule has 0 saturated heterocycles. The van der Waals surface area contributed by atoms with Crippen molar-refractivity contribution in [1.82, 2.24) is 20.4 Å². The summed E-state index contributed by atoms with van der Waals surface area (Å²) >= 11 is 0. The number of hydrogen-bond donors (Lipinski definition) is 6. The summed E-state index contributed by atoms with van der Waals surface area (Å²) in [4.78, 5) is 132. The number of carboxylic acid groups (broad SMARTS) is 4. The van der Waals surface area contributed by atoms with Gasteiger partial charge in [-0.25, -0.2) is 19.2 Å². The van der Waals surface area contributed by atoms with Crippen LogP contribution in [0.15, 0.2) is 60.7 Å². The molecule has 20 nitrogen and oxygen atoms in total. The lowest BCUT2D eigenvalue weighted by atomic mass is 9.85. The Labute approximate surface area is 401 Å². The van der Waals surface area contributed by atoms with E-state index < -0.39 is 95.0 Å². The van der Waals surface area contributed by atoms with E-state index >= 15 is 0 Å². The van der Waals surface area contributed by atoms with Crippen molar-refractivity contribution in [3.05, 3.63) is 82.9 Å². The summed E-state index contributed by atoms with van der Waals surface area (Å²) in [5.74, 6) is -11.4. The molecule has 24 heteroatoms. The van der Waals surface area contributed by atoms with E-state index in [1.165, 1.54) is 24.3 Å². The van der Waals surface area contributed by atoms with Crippen LogP contribution in [0.4, 0.5) is 0 Å². The number of nitrogens with zero attached hydrogens (tertiary/aromatic N) is 2. The number of carbonyl (C=O) groups is 10. The molecule has 0 unspecified atom stereocenters. The van der Waals surface area contributed by atoms with E-state index in [2.05, 4.69) is 10.6 Å². The Balaban J connectivity index is 1.11. The summed E-state index contributed by atoms with van der Waals surface area (Å²) in [6, 6.07) is 9.06. The molecule has 12 heterocycles. The maximum Gasteiger partial charge on any atom is 0.327 e. The van der Waals surface area contributed by atoms with Crippen molar-refractivity contribution in [2.75, 3.05) is 36.2 Å². The van der Waals surface area contributed by atoms with Crippen molar-refractivity contribution in [3.63, 3.8) is 0 Å². The van der Waals surface area contributed by atoms with E-state index in [1.54, 1.807) is 36.4 Å². The number of aliphatic carboxylic acids is 4. The molecule has 0 aliphatic carbocycles. The molecular formula is C44H40N4O16S4. The van der Waals surface area contributed by atoms with Crippen molar-refractivity contribution in [2.24, 2.45) is 0 Å². The van der Waals surface area contributed by atoms with Gasteiger partial charge < -0.3 is 40.5 Å². The Bertz CT molecular complexity index is 2520. The molecule has 0 fully saturated rings. The maximum absolute atomic E-state index is 14.0. The third kappa shape index (κ3) is 10.8. The van der Waals surface area contributed by atoms with Gasteiger partial charge in [0.25, 0.3) is 23.6 Å². The first-order valence-electron chi connectivity index (χ1n) is 20.7. The second-order valence-electron chi connectivity index (χ2n) is 15.4. The summed E-state index contributed by atoms with van der Waals surface area (Å²) in [7, 11) is 3.51. The fraction of sp³-hybridized carbons (Fsp3) is 0.318. The van der Waals surface area contributed by atoms with Crippen LogP contribution in [0, 0.1) is 0 Å². The van der Waals surface area contributed by atoms with Crippen LogP contribution in [-0.4, -0.2) is 150 Å². The van der Waals surface area contributed by atoms with E-state index in [9.17, 15) is 68.4 Å². The quantitative estimate of drug-likeness (QED) is 0.124. The summed E-state index contributed by atoms with van der Waals surface area (Å²) in [5.41, 5.74) is -0.827. The molecule has 4 aromatic rings. The first-order chi connectivity index (χ1) is 32.5. The zero-order valence-corrected chi connectivity index (χ0v) is 38.6. The van der Waals surface area contributed by atoms with Crippen LogP contribution >= 0.6 is 43.2 Å². The predicted molar refractivity (Wildman–Crippen MR) is 250 cm³/mol. The zero-order chi connectivity index (χ0) is 48.8. The molecule has 356 valence electrons. The number of nitrogens with one attached hydrogen (secondary N) is 2. The Morgan fingerprint density at radius 3 is 1.15 bits per heavy atom. The van der Waals surface area contributed by atoms with Crippen LogP contribution in [-0.2, 0) is 28.8 Å². The Kier molecular flexibility index (Phi) is 15.7. The SMILES string of the molecule is O=C1CCCOc2ccc3cc(ccc3c2)OCCCC(=O)N[C@H](C(=O)O)CSSC[C@@H](C(=O)O)N2C(=O)c3ccc4c5c(ccc(c35)C2=O)C(=O)N(C4=O)[C@H](C(=O)O)CSSC[C@@H](C(=O)O)N1. The number of amides is 6. The molecule has 0 spiro atoms. The molecule has 6 N–H and O–H groups in total. The van der Waals surface area contributed by atoms with Gasteiger partial charge in [0.2, 0.25) is 11.8 Å². The molecule has 68 heavy (non-hydrogen) atoms. The van der Waals surface area contributed by atoms with Gasteiger partial charge in [-0.3, -0.25) is 38.6 Å². The monoisotopic (exact) mass is 1010 g/mol. The van der Waals surface area contributed by atoms with E-state index in [-0.39, 0.29) is 83.4 Å². The van der Waals surface area contributed by atoms with Crippen LogP contribution < -0.4 is 20.1 Å². The molecule has 4 aromatic carbocycles.